The van der Waals surface area contributed by atoms with Crippen molar-refractivity contribution < 1.29 is 37.1 Å². The smallest absolute Gasteiger partial charge is 0.291 e. The van der Waals surface area contributed by atoms with Gasteiger partial charge in [-0.15, -0.1) is 0 Å². The van der Waals surface area contributed by atoms with Crippen LogP contribution in [0.4, 0.5) is 17.1 Å². The molecule has 27 heteroatoms. The topological polar surface area (TPSA) is 327 Å². The molecular weight excluding hydrogens is 1100 g/mol. The first kappa shape index (κ1) is 56.5. The molecule has 436 valence electrons. The highest BCUT2D eigenvalue weighted by atomic mass is 16.5. The summed E-state index contributed by atoms with van der Waals surface area (Å²) in [6.07, 6.45) is 20.3. The van der Waals surface area contributed by atoms with Gasteiger partial charge in [0, 0.05) is 82.3 Å². The monoisotopic (exact) mass is 1160 g/mol. The zero-order valence-corrected chi connectivity index (χ0v) is 46.9. The van der Waals surface area contributed by atoms with Gasteiger partial charge in [0.1, 0.15) is 40.1 Å². The first-order chi connectivity index (χ1) is 42.0. The van der Waals surface area contributed by atoms with E-state index in [-0.39, 0.29) is 41.0 Å². The predicted molar refractivity (Wildman–Crippen MR) is 314 cm³/mol. The molecule has 3 amide bonds. The number of morpholine rings is 1. The second-order valence-corrected chi connectivity index (χ2v) is 19.5. The zero-order chi connectivity index (χ0) is 59.4. The SMILES string of the molecule is CC(C)n1cc(NC(=O)c2ccc(-c3cn[nH]c3)o2)c(-c2ccccn2)n1.COc1ccc(-c2nn(C)cc2NC(=O)c2ccc(-c3cn[nH]c3)o2)nc1.O=C(Nc1cn(CCN2CCOCC2)nc1-c1ccccn1)c1ccc(-c2cn[nH]c2)o1. The van der Waals surface area contributed by atoms with Crippen LogP contribution < -0.4 is 20.7 Å². The molecule has 0 unspecified atom stereocenters. The first-order valence-electron chi connectivity index (χ1n) is 27.1. The number of amides is 3. The van der Waals surface area contributed by atoms with Crippen molar-refractivity contribution in [3.8, 4) is 73.9 Å². The predicted octanol–water partition coefficient (Wildman–Crippen LogP) is 9.00. The van der Waals surface area contributed by atoms with Crippen LogP contribution in [0.3, 0.4) is 0 Å². The Kier molecular flexibility index (Phi) is 17.3. The Hall–Kier alpha value is -11.3. The minimum atomic E-state index is -0.382. The molecule has 27 nitrogen and oxygen atoms in total. The minimum absolute atomic E-state index is 0.148. The molecule has 0 saturated carbocycles. The van der Waals surface area contributed by atoms with Crippen molar-refractivity contribution in [3.63, 3.8) is 0 Å². The maximum atomic E-state index is 12.9. The van der Waals surface area contributed by atoms with Gasteiger partial charge in [-0.3, -0.25) is 63.6 Å². The van der Waals surface area contributed by atoms with Crippen molar-refractivity contribution >= 4 is 34.8 Å². The van der Waals surface area contributed by atoms with Crippen LogP contribution in [0.25, 0.3) is 68.1 Å². The Morgan fingerprint density at radius 3 is 1.50 bits per heavy atom. The number of methoxy groups -OCH3 is 1. The van der Waals surface area contributed by atoms with Crippen LogP contribution in [-0.2, 0) is 18.3 Å². The molecule has 6 N–H and O–H groups in total. The van der Waals surface area contributed by atoms with Gasteiger partial charge in [-0.2, -0.15) is 30.6 Å². The lowest BCUT2D eigenvalue weighted by Crippen LogP contribution is -2.38. The minimum Gasteiger partial charge on any atom is -0.495 e. The van der Waals surface area contributed by atoms with Crippen LogP contribution in [0, 0.1) is 0 Å². The zero-order valence-electron chi connectivity index (χ0n) is 46.9. The number of pyridine rings is 3. The molecule has 86 heavy (non-hydrogen) atoms. The summed E-state index contributed by atoms with van der Waals surface area (Å²) < 4.78 is 32.7. The summed E-state index contributed by atoms with van der Waals surface area (Å²) in [5.74, 6) is 1.82. The van der Waals surface area contributed by atoms with Crippen LogP contribution in [0.1, 0.15) is 51.6 Å². The molecular formula is C59H57N19O8. The fourth-order valence-electron chi connectivity index (χ4n) is 8.79. The molecule has 0 aliphatic carbocycles. The number of ether oxygens (including phenoxy) is 2. The molecule has 1 fully saturated rings. The molecule has 13 rings (SSSR count). The van der Waals surface area contributed by atoms with Gasteiger partial charge >= 0.3 is 0 Å². The normalized spacial score (nSPS) is 12.2. The second-order valence-electron chi connectivity index (χ2n) is 19.5. The van der Waals surface area contributed by atoms with Gasteiger partial charge in [0.05, 0.1) is 102 Å². The number of furan rings is 3. The number of rotatable bonds is 17. The van der Waals surface area contributed by atoms with Gasteiger partial charge in [-0.05, 0) is 86.6 Å². The maximum absolute atomic E-state index is 12.9. The number of aromatic nitrogens is 15. The fourth-order valence-corrected chi connectivity index (χ4v) is 8.79. The summed E-state index contributed by atoms with van der Waals surface area (Å²) in [6, 6.07) is 25.0. The van der Waals surface area contributed by atoms with Gasteiger partial charge in [-0.1, -0.05) is 12.1 Å². The Balaban J connectivity index is 0.000000135. The summed E-state index contributed by atoms with van der Waals surface area (Å²) >= 11 is 0. The number of hydrogen-bond acceptors (Lipinski definition) is 18. The Morgan fingerprint density at radius 2 is 1.05 bits per heavy atom. The van der Waals surface area contributed by atoms with E-state index in [9.17, 15) is 14.4 Å². The van der Waals surface area contributed by atoms with Crippen LogP contribution in [-0.4, -0.2) is 137 Å². The lowest BCUT2D eigenvalue weighted by atomic mass is 10.2. The number of aryl methyl sites for hydroxylation is 1. The van der Waals surface area contributed by atoms with Crippen molar-refractivity contribution in [2.45, 2.75) is 26.4 Å². The summed E-state index contributed by atoms with van der Waals surface area (Å²) in [4.78, 5) is 53.6. The van der Waals surface area contributed by atoms with Crippen molar-refractivity contribution in [3.05, 3.63) is 177 Å². The Labute approximate surface area is 489 Å². The molecule has 12 aromatic heterocycles. The molecule has 0 spiro atoms. The quantitative estimate of drug-likeness (QED) is 0.0495. The summed E-state index contributed by atoms with van der Waals surface area (Å²) in [7, 11) is 3.34. The molecule has 1 saturated heterocycles. The molecule has 13 heterocycles. The van der Waals surface area contributed by atoms with Gasteiger partial charge < -0.3 is 38.7 Å². The number of carbonyl (C=O) groups excluding carboxylic acids is 3. The van der Waals surface area contributed by atoms with Crippen LogP contribution in [0.2, 0.25) is 0 Å². The molecule has 1 aliphatic rings. The van der Waals surface area contributed by atoms with E-state index in [0.29, 0.717) is 80.8 Å². The average molecular weight is 1160 g/mol. The van der Waals surface area contributed by atoms with E-state index in [1.54, 1.807) is 140 Å². The van der Waals surface area contributed by atoms with E-state index in [1.165, 1.54) is 0 Å². The van der Waals surface area contributed by atoms with E-state index < -0.39 is 0 Å². The molecule has 12 aromatic rings. The molecule has 0 atom stereocenters. The standard InChI is InChI=1S/C22H23N7O3.C19H18N6O2.C18H16N6O3/c30-22(20-5-4-19(32-20)16-13-24-25-14-16)26-18-15-29(8-7-28-9-11-31-12-10-28)27-21(18)17-3-1-2-6-23-17;1-12(2)25-11-15(18(24-25)14-5-3-4-8-20-14)23-19(26)17-7-6-16(27-17)13-9-21-22-10-13;1-24-10-14(17(23-24)13-4-3-12(26-2)9-19-13)22-18(25)16-6-5-15(27-16)11-7-20-21-8-11/h1-6,13-15H,7-12H2,(H,24,25)(H,26,30);3-12H,1-2H3,(H,21,22)(H,23,26);3-10H,1-2H3,(H,20,21)(H,22,25). The third-order valence-corrected chi connectivity index (χ3v) is 13.2. The highest BCUT2D eigenvalue weighted by molar-refractivity contribution is 6.06. The molecule has 0 bridgehead atoms. The van der Waals surface area contributed by atoms with Crippen molar-refractivity contribution in [2.75, 3.05) is 55.9 Å². The summed E-state index contributed by atoms with van der Waals surface area (Å²) in [5.41, 5.74) is 7.76. The number of aromatic amines is 3. The van der Waals surface area contributed by atoms with Crippen molar-refractivity contribution in [1.82, 2.24) is 79.8 Å². The Morgan fingerprint density at radius 1 is 0.558 bits per heavy atom. The van der Waals surface area contributed by atoms with Gasteiger partial charge in [0.25, 0.3) is 17.7 Å². The average Bonchev–Trinajstić information content (AvgIpc) is 4.53. The fraction of sp³-hybridized carbons (Fsp3) is 0.186. The maximum Gasteiger partial charge on any atom is 0.291 e. The Bertz CT molecular complexity index is 4120. The summed E-state index contributed by atoms with van der Waals surface area (Å²) in [6.45, 7) is 8.92. The van der Waals surface area contributed by atoms with Crippen molar-refractivity contribution in [2.24, 2.45) is 7.05 Å². The van der Waals surface area contributed by atoms with E-state index in [0.717, 1.165) is 49.5 Å². The lowest BCUT2D eigenvalue weighted by molar-refractivity contribution is 0.0360. The molecule has 0 aromatic carbocycles. The van der Waals surface area contributed by atoms with E-state index in [4.69, 9.17) is 27.8 Å². The van der Waals surface area contributed by atoms with Gasteiger partial charge in [-0.25, -0.2) is 0 Å². The van der Waals surface area contributed by atoms with E-state index in [1.807, 2.05) is 61.1 Å². The third kappa shape index (κ3) is 13.6. The van der Waals surface area contributed by atoms with Crippen LogP contribution >= 0.6 is 0 Å². The van der Waals surface area contributed by atoms with Crippen LogP contribution in [0.5, 0.6) is 5.75 Å². The van der Waals surface area contributed by atoms with Gasteiger partial charge in [0.2, 0.25) is 0 Å². The van der Waals surface area contributed by atoms with E-state index in [2.05, 4.69) is 76.6 Å². The molecule has 1 aliphatic heterocycles. The number of carbonyl (C=O) groups is 3. The largest absolute Gasteiger partial charge is 0.495 e. The first-order valence-corrected chi connectivity index (χ1v) is 27.1. The number of anilines is 3. The van der Waals surface area contributed by atoms with E-state index >= 15 is 0 Å². The lowest BCUT2D eigenvalue weighted by Gasteiger charge is -2.26. The number of nitrogens with one attached hydrogen (secondary N) is 6. The van der Waals surface area contributed by atoms with Crippen molar-refractivity contribution in [1.29, 1.82) is 0 Å². The highest BCUT2D eigenvalue weighted by Gasteiger charge is 2.23. The number of H-pyrrole nitrogens is 3. The van der Waals surface area contributed by atoms with Crippen LogP contribution in [0.15, 0.2) is 173 Å². The second kappa shape index (κ2) is 26.3. The van der Waals surface area contributed by atoms with Gasteiger partial charge in [0.15, 0.2) is 17.3 Å². The third-order valence-electron chi connectivity index (χ3n) is 13.2. The molecule has 0 radical (unpaired) electrons. The number of hydrogen-bond donors (Lipinski definition) is 6. The summed E-state index contributed by atoms with van der Waals surface area (Å²) in [5, 5.41) is 42.1. The number of nitrogens with zero attached hydrogens (tertiary/aromatic N) is 13. The highest BCUT2D eigenvalue weighted by Crippen LogP contribution is 2.31.